The van der Waals surface area contributed by atoms with E-state index in [4.69, 9.17) is 14.6 Å². The Morgan fingerprint density at radius 1 is 0.781 bits per heavy atom. The summed E-state index contributed by atoms with van der Waals surface area (Å²) in [5.74, 6) is 1.00. The van der Waals surface area contributed by atoms with Gasteiger partial charge in [0.2, 0.25) is 10.0 Å². The SMILES string of the molecule is COc1ccc(CN(c2ccc(C)cc2)S(=O)(=O)c2ccc(S(N)(=O)=O)cc2)cc1OC. The highest BCUT2D eigenvalue weighted by atomic mass is 32.2. The monoisotopic (exact) mass is 476 g/mol. The summed E-state index contributed by atoms with van der Waals surface area (Å²) in [6.07, 6.45) is 0. The number of benzene rings is 3. The van der Waals surface area contributed by atoms with Crippen molar-refractivity contribution in [2.24, 2.45) is 5.14 Å². The molecule has 0 aromatic heterocycles. The van der Waals surface area contributed by atoms with Crippen molar-refractivity contribution >= 4 is 25.7 Å². The zero-order valence-corrected chi connectivity index (χ0v) is 19.5. The molecule has 32 heavy (non-hydrogen) atoms. The number of rotatable bonds is 8. The van der Waals surface area contributed by atoms with Gasteiger partial charge in [0.05, 0.1) is 36.2 Å². The van der Waals surface area contributed by atoms with Gasteiger partial charge in [0.15, 0.2) is 11.5 Å². The van der Waals surface area contributed by atoms with Crippen molar-refractivity contribution < 1.29 is 26.3 Å². The molecule has 0 unspecified atom stereocenters. The first-order valence-electron chi connectivity index (χ1n) is 9.49. The Balaban J connectivity index is 2.07. The smallest absolute Gasteiger partial charge is 0.264 e. The van der Waals surface area contributed by atoms with Gasteiger partial charge < -0.3 is 9.47 Å². The van der Waals surface area contributed by atoms with E-state index in [1.165, 1.54) is 42.8 Å². The number of ether oxygens (including phenoxy) is 2. The van der Waals surface area contributed by atoms with Crippen LogP contribution in [0.2, 0.25) is 0 Å². The van der Waals surface area contributed by atoms with Gasteiger partial charge in [-0.1, -0.05) is 23.8 Å². The number of nitrogens with two attached hydrogens (primary N) is 1. The summed E-state index contributed by atoms with van der Waals surface area (Å²) in [5.41, 5.74) is 2.11. The summed E-state index contributed by atoms with van der Waals surface area (Å²) in [6.45, 7) is 1.92. The average Bonchev–Trinajstić information content (AvgIpc) is 2.77. The lowest BCUT2D eigenvalue weighted by Crippen LogP contribution is -2.30. The van der Waals surface area contributed by atoms with E-state index in [0.717, 1.165) is 5.56 Å². The van der Waals surface area contributed by atoms with Crippen LogP contribution in [0.15, 0.2) is 76.5 Å². The number of aryl methyl sites for hydroxylation is 1. The normalized spacial score (nSPS) is 11.8. The van der Waals surface area contributed by atoms with E-state index >= 15 is 0 Å². The van der Waals surface area contributed by atoms with E-state index in [1.54, 1.807) is 30.3 Å². The topological polar surface area (TPSA) is 116 Å². The zero-order chi connectivity index (χ0) is 23.5. The maximum Gasteiger partial charge on any atom is 0.264 e. The minimum absolute atomic E-state index is 0.0166. The van der Waals surface area contributed by atoms with Gasteiger partial charge in [0.25, 0.3) is 10.0 Å². The van der Waals surface area contributed by atoms with Gasteiger partial charge in [-0.2, -0.15) is 0 Å². The third-order valence-corrected chi connectivity index (χ3v) is 7.55. The largest absolute Gasteiger partial charge is 0.493 e. The molecule has 3 aromatic carbocycles. The average molecular weight is 477 g/mol. The van der Waals surface area contributed by atoms with Crippen molar-refractivity contribution in [2.75, 3.05) is 18.5 Å². The quantitative estimate of drug-likeness (QED) is 0.534. The summed E-state index contributed by atoms with van der Waals surface area (Å²) < 4.78 is 62.0. The van der Waals surface area contributed by atoms with Crippen LogP contribution in [0.5, 0.6) is 11.5 Å². The van der Waals surface area contributed by atoms with E-state index in [2.05, 4.69) is 0 Å². The molecule has 3 aromatic rings. The van der Waals surface area contributed by atoms with Crippen LogP contribution in [0.4, 0.5) is 5.69 Å². The second kappa shape index (κ2) is 9.19. The lowest BCUT2D eigenvalue weighted by molar-refractivity contribution is 0.354. The highest BCUT2D eigenvalue weighted by molar-refractivity contribution is 7.92. The molecule has 0 spiro atoms. The van der Waals surface area contributed by atoms with Gasteiger partial charge in [-0.25, -0.2) is 22.0 Å². The molecule has 0 aliphatic rings. The van der Waals surface area contributed by atoms with Crippen LogP contribution in [-0.2, 0) is 26.6 Å². The lowest BCUT2D eigenvalue weighted by atomic mass is 10.2. The van der Waals surface area contributed by atoms with Crippen LogP contribution in [-0.4, -0.2) is 31.1 Å². The van der Waals surface area contributed by atoms with Gasteiger partial charge in [-0.15, -0.1) is 0 Å². The summed E-state index contributed by atoms with van der Waals surface area (Å²) in [7, 11) is -4.95. The van der Waals surface area contributed by atoms with E-state index < -0.39 is 20.0 Å². The molecule has 0 atom stereocenters. The molecule has 2 N–H and O–H groups in total. The number of primary sulfonamides is 1. The second-order valence-electron chi connectivity index (χ2n) is 7.05. The van der Waals surface area contributed by atoms with Crippen LogP contribution in [0.25, 0.3) is 0 Å². The second-order valence-corrected chi connectivity index (χ2v) is 10.5. The fourth-order valence-electron chi connectivity index (χ4n) is 3.10. The van der Waals surface area contributed by atoms with Crippen molar-refractivity contribution in [1.29, 1.82) is 0 Å². The number of hydrogen-bond donors (Lipinski definition) is 1. The number of sulfonamides is 2. The van der Waals surface area contributed by atoms with Gasteiger partial charge >= 0.3 is 0 Å². The maximum absolute atomic E-state index is 13.5. The summed E-state index contributed by atoms with van der Waals surface area (Å²) >= 11 is 0. The molecule has 170 valence electrons. The van der Waals surface area contributed by atoms with E-state index in [0.29, 0.717) is 22.7 Å². The molecule has 10 heteroatoms. The molecule has 8 nitrogen and oxygen atoms in total. The van der Waals surface area contributed by atoms with Crippen LogP contribution in [0.1, 0.15) is 11.1 Å². The van der Waals surface area contributed by atoms with Crippen molar-refractivity contribution in [2.45, 2.75) is 23.3 Å². The summed E-state index contributed by atoms with van der Waals surface area (Å²) in [4.78, 5) is -0.232. The molecule has 0 fully saturated rings. The molecular weight excluding hydrogens is 452 g/mol. The van der Waals surface area contributed by atoms with Gasteiger partial charge in [0, 0.05) is 0 Å². The van der Waals surface area contributed by atoms with Crippen molar-refractivity contribution in [3.63, 3.8) is 0 Å². The minimum Gasteiger partial charge on any atom is -0.493 e. The van der Waals surface area contributed by atoms with Crippen molar-refractivity contribution in [1.82, 2.24) is 0 Å². The molecular formula is C22H24N2O6S2. The third kappa shape index (κ3) is 5.04. The number of methoxy groups -OCH3 is 2. The minimum atomic E-state index is -4.04. The Morgan fingerprint density at radius 3 is 1.88 bits per heavy atom. The maximum atomic E-state index is 13.5. The molecule has 0 radical (unpaired) electrons. The van der Waals surface area contributed by atoms with Crippen LogP contribution < -0.4 is 18.9 Å². The van der Waals surface area contributed by atoms with Gasteiger partial charge in [0.1, 0.15) is 0 Å². The fraction of sp³-hybridized carbons (Fsp3) is 0.182. The molecule has 0 saturated heterocycles. The van der Waals surface area contributed by atoms with E-state index in [9.17, 15) is 16.8 Å². The lowest BCUT2D eigenvalue weighted by Gasteiger charge is -2.25. The summed E-state index contributed by atoms with van der Waals surface area (Å²) in [6, 6.07) is 17.0. The number of anilines is 1. The first-order chi connectivity index (χ1) is 15.1. The zero-order valence-electron chi connectivity index (χ0n) is 17.8. The summed E-state index contributed by atoms with van der Waals surface area (Å²) in [5, 5.41) is 5.12. The number of nitrogens with zero attached hydrogens (tertiary/aromatic N) is 1. The highest BCUT2D eigenvalue weighted by Gasteiger charge is 2.26. The molecule has 0 amide bonds. The molecule has 0 aliphatic carbocycles. The standard InChI is InChI=1S/C22H24N2O6S2/c1-16-4-7-18(8-5-16)24(15-17-6-13-21(29-2)22(14-17)30-3)32(27,28)20-11-9-19(10-12-20)31(23,25)26/h4-14H,15H2,1-3H3,(H2,23,25,26). The fourth-order valence-corrected chi connectivity index (χ4v) is 5.07. The molecule has 0 aliphatic heterocycles. The third-order valence-electron chi connectivity index (χ3n) is 4.84. The predicted molar refractivity (Wildman–Crippen MR) is 122 cm³/mol. The predicted octanol–water partition coefficient (Wildman–Crippen LogP) is 3.06. The number of hydrogen-bond acceptors (Lipinski definition) is 6. The van der Waals surface area contributed by atoms with Gasteiger partial charge in [-0.05, 0) is 61.0 Å². The van der Waals surface area contributed by atoms with Gasteiger partial charge in [-0.3, -0.25) is 4.31 Å². The Bertz CT molecular complexity index is 1300. The Morgan fingerprint density at radius 2 is 1.34 bits per heavy atom. The van der Waals surface area contributed by atoms with Crippen LogP contribution in [0, 0.1) is 6.92 Å². The van der Waals surface area contributed by atoms with Crippen molar-refractivity contribution in [3.05, 3.63) is 77.9 Å². The van der Waals surface area contributed by atoms with Crippen LogP contribution in [0.3, 0.4) is 0 Å². The Kier molecular flexibility index (Phi) is 6.77. The first-order valence-corrected chi connectivity index (χ1v) is 12.5. The van der Waals surface area contributed by atoms with Crippen molar-refractivity contribution in [3.8, 4) is 11.5 Å². The first kappa shape index (κ1) is 23.6. The molecule has 0 bridgehead atoms. The van der Waals surface area contributed by atoms with E-state index in [-0.39, 0.29) is 16.3 Å². The molecule has 0 heterocycles. The van der Waals surface area contributed by atoms with Crippen LogP contribution >= 0.6 is 0 Å². The molecule has 0 saturated carbocycles. The highest BCUT2D eigenvalue weighted by Crippen LogP contribution is 2.31. The van der Waals surface area contributed by atoms with E-state index in [1.807, 2.05) is 19.1 Å². The molecule has 3 rings (SSSR count). The Hall–Kier alpha value is -3.08. The Labute approximate surface area is 188 Å².